The molecule has 1 fully saturated rings. The van der Waals surface area contributed by atoms with Crippen LogP contribution in [0.15, 0.2) is 18.2 Å². The van der Waals surface area contributed by atoms with Crippen molar-refractivity contribution in [2.45, 2.75) is 25.8 Å². The van der Waals surface area contributed by atoms with Gasteiger partial charge in [-0.1, -0.05) is 6.07 Å². The molecular weight excluding hydrogens is 193 g/mol. The van der Waals surface area contributed by atoms with E-state index in [-0.39, 0.29) is 11.9 Å². The van der Waals surface area contributed by atoms with Crippen molar-refractivity contribution in [3.05, 3.63) is 29.6 Å². The molecule has 1 aromatic rings. The Morgan fingerprint density at radius 2 is 2.27 bits per heavy atom. The third-order valence-corrected chi connectivity index (χ3v) is 2.81. The Morgan fingerprint density at radius 3 is 2.87 bits per heavy atom. The zero-order valence-electron chi connectivity index (χ0n) is 8.87. The maximum atomic E-state index is 13.2. The summed E-state index contributed by atoms with van der Waals surface area (Å²) in [4.78, 5) is 0. The Morgan fingerprint density at radius 1 is 1.53 bits per heavy atom. The molecule has 1 saturated carbocycles. The Kier molecular flexibility index (Phi) is 2.91. The molecule has 0 saturated heterocycles. The quantitative estimate of drug-likeness (QED) is 0.825. The first-order valence-corrected chi connectivity index (χ1v) is 5.31. The maximum Gasteiger partial charge on any atom is 0.129 e. The lowest BCUT2D eigenvalue weighted by Crippen LogP contribution is -2.29. The molecule has 0 heterocycles. The van der Waals surface area contributed by atoms with Gasteiger partial charge in [0, 0.05) is 12.1 Å². The third kappa shape index (κ3) is 2.69. The van der Waals surface area contributed by atoms with Gasteiger partial charge in [0.05, 0.1) is 0 Å². The van der Waals surface area contributed by atoms with E-state index in [0.29, 0.717) is 23.8 Å². The first-order chi connectivity index (χ1) is 7.16. The van der Waals surface area contributed by atoms with Crippen LogP contribution in [0.2, 0.25) is 0 Å². The lowest BCUT2D eigenvalue weighted by Gasteiger charge is -2.12. The zero-order valence-corrected chi connectivity index (χ0v) is 8.87. The molecule has 2 N–H and O–H groups in total. The van der Waals surface area contributed by atoms with Gasteiger partial charge in [0.1, 0.15) is 18.2 Å². The van der Waals surface area contributed by atoms with Crippen LogP contribution in [0.25, 0.3) is 0 Å². The number of aryl methyl sites for hydroxylation is 1. The molecule has 3 heteroatoms. The second kappa shape index (κ2) is 4.19. The Labute approximate surface area is 89.2 Å². The fourth-order valence-corrected chi connectivity index (χ4v) is 1.52. The van der Waals surface area contributed by atoms with Gasteiger partial charge >= 0.3 is 0 Å². The number of benzene rings is 1. The van der Waals surface area contributed by atoms with E-state index in [9.17, 15) is 4.39 Å². The maximum absolute atomic E-state index is 13.2. The topological polar surface area (TPSA) is 35.2 Å². The van der Waals surface area contributed by atoms with Crippen molar-refractivity contribution in [2.24, 2.45) is 11.7 Å². The molecule has 1 aliphatic carbocycles. The van der Waals surface area contributed by atoms with Crippen molar-refractivity contribution >= 4 is 0 Å². The fourth-order valence-electron chi connectivity index (χ4n) is 1.52. The second-order valence-electron chi connectivity index (χ2n) is 4.22. The molecule has 0 spiro atoms. The summed E-state index contributed by atoms with van der Waals surface area (Å²) in [6, 6.07) is 5.00. The number of hydrogen-bond acceptors (Lipinski definition) is 2. The minimum Gasteiger partial charge on any atom is -0.492 e. The van der Waals surface area contributed by atoms with Gasteiger partial charge in [-0.25, -0.2) is 4.39 Å². The summed E-state index contributed by atoms with van der Waals surface area (Å²) >= 11 is 0. The smallest absolute Gasteiger partial charge is 0.129 e. The fraction of sp³-hybridized carbons (Fsp3) is 0.500. The number of nitrogens with two attached hydrogens (primary N) is 1. The summed E-state index contributed by atoms with van der Waals surface area (Å²) in [5.41, 5.74) is 6.51. The molecule has 2 rings (SSSR count). The summed E-state index contributed by atoms with van der Waals surface area (Å²) < 4.78 is 18.6. The molecular formula is C12H16FNO. The number of ether oxygens (including phenoxy) is 1. The first-order valence-electron chi connectivity index (χ1n) is 5.31. The van der Waals surface area contributed by atoms with Gasteiger partial charge in [-0.3, -0.25) is 0 Å². The van der Waals surface area contributed by atoms with Gasteiger partial charge in [0.15, 0.2) is 0 Å². The van der Waals surface area contributed by atoms with E-state index < -0.39 is 0 Å². The summed E-state index contributed by atoms with van der Waals surface area (Å²) in [5, 5.41) is 0. The van der Waals surface area contributed by atoms with E-state index in [2.05, 4.69) is 0 Å². The zero-order chi connectivity index (χ0) is 10.8. The Hall–Kier alpha value is -1.09. The van der Waals surface area contributed by atoms with Gasteiger partial charge in [-0.05, 0) is 37.3 Å². The Bertz CT molecular complexity index is 349. The van der Waals surface area contributed by atoms with Crippen molar-refractivity contribution in [1.29, 1.82) is 0 Å². The molecule has 1 atom stereocenters. The van der Waals surface area contributed by atoms with Gasteiger partial charge < -0.3 is 10.5 Å². The summed E-state index contributed by atoms with van der Waals surface area (Å²) in [7, 11) is 0. The minimum absolute atomic E-state index is 0.0920. The molecule has 0 radical (unpaired) electrons. The second-order valence-corrected chi connectivity index (χ2v) is 4.22. The van der Waals surface area contributed by atoms with E-state index >= 15 is 0 Å². The molecule has 1 aromatic carbocycles. The lowest BCUT2D eigenvalue weighted by molar-refractivity contribution is 0.275. The number of hydrogen-bond donors (Lipinski definition) is 1. The standard InChI is InChI=1S/C12H16FNO/c1-8-2-5-10(6-11(8)13)15-7-12(14)9-3-4-9/h2,5-6,9,12H,3-4,7,14H2,1H3. The average molecular weight is 209 g/mol. The highest BCUT2D eigenvalue weighted by Crippen LogP contribution is 2.31. The molecule has 1 aliphatic rings. The predicted molar refractivity (Wildman–Crippen MR) is 57.3 cm³/mol. The number of rotatable bonds is 4. The van der Waals surface area contributed by atoms with Crippen molar-refractivity contribution in [1.82, 2.24) is 0 Å². The lowest BCUT2D eigenvalue weighted by atomic mass is 10.2. The molecule has 15 heavy (non-hydrogen) atoms. The van der Waals surface area contributed by atoms with Crippen LogP contribution >= 0.6 is 0 Å². The average Bonchev–Trinajstić information content (AvgIpc) is 3.03. The van der Waals surface area contributed by atoms with Crippen LogP contribution in [0, 0.1) is 18.7 Å². The van der Waals surface area contributed by atoms with Crippen LogP contribution in [0.5, 0.6) is 5.75 Å². The molecule has 1 unspecified atom stereocenters. The monoisotopic (exact) mass is 209 g/mol. The van der Waals surface area contributed by atoms with E-state index in [1.165, 1.54) is 18.9 Å². The van der Waals surface area contributed by atoms with Crippen molar-refractivity contribution in [3.63, 3.8) is 0 Å². The van der Waals surface area contributed by atoms with Crippen molar-refractivity contribution in [3.8, 4) is 5.75 Å². The van der Waals surface area contributed by atoms with E-state index in [0.717, 1.165) is 0 Å². The molecule has 0 aromatic heterocycles. The third-order valence-electron chi connectivity index (χ3n) is 2.81. The number of halogens is 1. The van der Waals surface area contributed by atoms with Crippen molar-refractivity contribution in [2.75, 3.05) is 6.61 Å². The van der Waals surface area contributed by atoms with Crippen LogP contribution in [0.3, 0.4) is 0 Å². The molecule has 0 bridgehead atoms. The first kappa shape index (κ1) is 10.4. The molecule has 0 aliphatic heterocycles. The Balaban J connectivity index is 1.89. The van der Waals surface area contributed by atoms with Crippen LogP contribution in [-0.4, -0.2) is 12.6 Å². The highest BCUT2D eigenvalue weighted by atomic mass is 19.1. The minimum atomic E-state index is -0.229. The van der Waals surface area contributed by atoms with Crippen LogP contribution in [-0.2, 0) is 0 Å². The molecule has 2 nitrogen and oxygen atoms in total. The molecule has 82 valence electrons. The predicted octanol–water partition coefficient (Wildman–Crippen LogP) is 2.25. The van der Waals surface area contributed by atoms with Gasteiger partial charge in [0.2, 0.25) is 0 Å². The van der Waals surface area contributed by atoms with Crippen LogP contribution in [0.4, 0.5) is 4.39 Å². The van der Waals surface area contributed by atoms with Crippen LogP contribution in [0.1, 0.15) is 18.4 Å². The highest BCUT2D eigenvalue weighted by molar-refractivity contribution is 5.28. The van der Waals surface area contributed by atoms with Crippen LogP contribution < -0.4 is 10.5 Å². The van der Waals surface area contributed by atoms with E-state index in [1.54, 1.807) is 19.1 Å². The summed E-state index contributed by atoms with van der Waals surface area (Å²) in [5.74, 6) is 0.946. The SMILES string of the molecule is Cc1ccc(OCC(N)C2CC2)cc1F. The van der Waals surface area contributed by atoms with Gasteiger partial charge in [-0.15, -0.1) is 0 Å². The van der Waals surface area contributed by atoms with Gasteiger partial charge in [-0.2, -0.15) is 0 Å². The van der Waals surface area contributed by atoms with Crippen molar-refractivity contribution < 1.29 is 9.13 Å². The van der Waals surface area contributed by atoms with E-state index in [4.69, 9.17) is 10.5 Å². The summed E-state index contributed by atoms with van der Waals surface area (Å²) in [6.07, 6.45) is 2.40. The largest absolute Gasteiger partial charge is 0.492 e. The normalized spacial score (nSPS) is 17.5. The summed E-state index contributed by atoms with van der Waals surface area (Å²) in [6.45, 7) is 2.21. The van der Waals surface area contributed by atoms with E-state index in [1.807, 2.05) is 0 Å². The molecule has 0 amide bonds. The van der Waals surface area contributed by atoms with Gasteiger partial charge in [0.25, 0.3) is 0 Å². The highest BCUT2D eigenvalue weighted by Gasteiger charge is 2.28.